The molecule has 118 valence electrons. The highest BCUT2D eigenvalue weighted by Crippen LogP contribution is 1.98. The predicted octanol–water partition coefficient (Wildman–Crippen LogP) is 0.257. The van der Waals surface area contributed by atoms with E-state index in [-0.39, 0.29) is 24.6 Å². The van der Waals surface area contributed by atoms with Crippen LogP contribution in [0.3, 0.4) is 0 Å². The molecule has 2 rings (SSSR count). The van der Waals surface area contributed by atoms with Gasteiger partial charge in [0.1, 0.15) is 6.54 Å². The molecule has 2 heterocycles. The van der Waals surface area contributed by atoms with E-state index >= 15 is 0 Å². The lowest BCUT2D eigenvalue weighted by Gasteiger charge is -2.04. The van der Waals surface area contributed by atoms with E-state index in [1.807, 2.05) is 0 Å². The summed E-state index contributed by atoms with van der Waals surface area (Å²) in [6.45, 7) is 0.330. The highest BCUT2D eigenvalue weighted by Gasteiger charge is 2.09. The number of hydrogen-bond donors (Lipinski definition) is 2. The Morgan fingerprint density at radius 2 is 2.05 bits per heavy atom. The average Bonchev–Trinajstić information content (AvgIpc) is 2.79. The Morgan fingerprint density at radius 1 is 1.23 bits per heavy atom. The van der Waals surface area contributed by atoms with Crippen LogP contribution in [-0.4, -0.2) is 37.7 Å². The molecule has 22 heavy (non-hydrogen) atoms. The van der Waals surface area contributed by atoms with Gasteiger partial charge < -0.3 is 10.4 Å². The van der Waals surface area contributed by atoms with Gasteiger partial charge in [-0.25, -0.2) is 9.48 Å². The summed E-state index contributed by atoms with van der Waals surface area (Å²) in [4.78, 5) is 34.1. The number of aliphatic carboxylic acids is 1. The van der Waals surface area contributed by atoms with Crippen LogP contribution in [0.2, 0.25) is 0 Å². The van der Waals surface area contributed by atoms with Gasteiger partial charge in [-0.05, 0) is 25.0 Å². The number of carboxylic acids is 1. The molecule has 0 saturated heterocycles. The maximum atomic E-state index is 12.0. The molecule has 0 fully saturated rings. The van der Waals surface area contributed by atoms with Crippen molar-refractivity contribution in [2.45, 2.75) is 32.2 Å². The lowest BCUT2D eigenvalue weighted by Crippen LogP contribution is -2.33. The molecular weight excluding hydrogens is 288 g/mol. The SMILES string of the molecule is O=C(O)CCCCCNC(=O)Cn1nc2ccccn2c1=O. The fourth-order valence-corrected chi connectivity index (χ4v) is 2.07. The Morgan fingerprint density at radius 3 is 2.77 bits per heavy atom. The number of nitrogens with one attached hydrogen (secondary N) is 1. The smallest absolute Gasteiger partial charge is 0.350 e. The Kier molecular flexibility index (Phi) is 5.29. The molecule has 2 aromatic heterocycles. The quantitative estimate of drug-likeness (QED) is 0.680. The molecule has 8 nitrogen and oxygen atoms in total. The van der Waals surface area contributed by atoms with Crippen LogP contribution in [-0.2, 0) is 16.1 Å². The van der Waals surface area contributed by atoms with Crippen LogP contribution in [0.25, 0.3) is 5.65 Å². The molecule has 2 N–H and O–H groups in total. The molecule has 0 aromatic carbocycles. The van der Waals surface area contributed by atoms with Crippen molar-refractivity contribution in [2.75, 3.05) is 6.54 Å². The lowest BCUT2D eigenvalue weighted by molar-refractivity contribution is -0.137. The van der Waals surface area contributed by atoms with Gasteiger partial charge >= 0.3 is 11.7 Å². The lowest BCUT2D eigenvalue weighted by atomic mass is 10.2. The third kappa shape index (κ3) is 4.18. The largest absolute Gasteiger partial charge is 0.481 e. The van der Waals surface area contributed by atoms with Gasteiger partial charge in [0.2, 0.25) is 5.91 Å². The molecule has 0 radical (unpaired) electrons. The zero-order valence-corrected chi connectivity index (χ0v) is 12.1. The molecule has 0 bridgehead atoms. The summed E-state index contributed by atoms with van der Waals surface area (Å²) in [5.74, 6) is -1.10. The van der Waals surface area contributed by atoms with Crippen molar-refractivity contribution in [1.82, 2.24) is 19.5 Å². The zero-order valence-electron chi connectivity index (χ0n) is 12.1. The van der Waals surface area contributed by atoms with Gasteiger partial charge in [0.25, 0.3) is 0 Å². The molecule has 0 aliphatic carbocycles. The van der Waals surface area contributed by atoms with Gasteiger partial charge in [0.05, 0.1) is 0 Å². The van der Waals surface area contributed by atoms with Crippen molar-refractivity contribution >= 4 is 17.5 Å². The van der Waals surface area contributed by atoms with Crippen molar-refractivity contribution in [2.24, 2.45) is 0 Å². The monoisotopic (exact) mass is 306 g/mol. The third-order valence-electron chi connectivity index (χ3n) is 3.17. The average molecular weight is 306 g/mol. The first-order chi connectivity index (χ1) is 10.6. The number of unbranched alkanes of at least 4 members (excludes halogenated alkanes) is 2. The molecule has 2 aromatic rings. The fraction of sp³-hybridized carbons (Fsp3) is 0.429. The topological polar surface area (TPSA) is 106 Å². The van der Waals surface area contributed by atoms with Crippen LogP contribution in [0.4, 0.5) is 0 Å². The molecule has 0 saturated carbocycles. The Hall–Kier alpha value is -2.64. The van der Waals surface area contributed by atoms with Crippen LogP contribution in [0.1, 0.15) is 25.7 Å². The van der Waals surface area contributed by atoms with Crippen LogP contribution in [0.5, 0.6) is 0 Å². The third-order valence-corrected chi connectivity index (χ3v) is 3.17. The van der Waals surface area contributed by atoms with Crippen molar-refractivity contribution < 1.29 is 14.7 Å². The first kappa shape index (κ1) is 15.7. The van der Waals surface area contributed by atoms with Crippen molar-refractivity contribution in [3.05, 3.63) is 34.9 Å². The summed E-state index contributed by atoms with van der Waals surface area (Å²) in [6.07, 6.45) is 3.78. The number of pyridine rings is 1. The number of amides is 1. The fourth-order valence-electron chi connectivity index (χ4n) is 2.07. The summed E-state index contributed by atoms with van der Waals surface area (Å²) < 4.78 is 2.49. The van der Waals surface area contributed by atoms with Gasteiger partial charge in [-0.1, -0.05) is 12.5 Å². The first-order valence-electron chi connectivity index (χ1n) is 7.10. The van der Waals surface area contributed by atoms with Crippen LogP contribution in [0, 0.1) is 0 Å². The Bertz CT molecular complexity index is 719. The first-order valence-corrected chi connectivity index (χ1v) is 7.10. The van der Waals surface area contributed by atoms with Crippen molar-refractivity contribution in [3.63, 3.8) is 0 Å². The van der Waals surface area contributed by atoms with E-state index in [4.69, 9.17) is 5.11 Å². The van der Waals surface area contributed by atoms with Crippen molar-refractivity contribution in [3.8, 4) is 0 Å². The van der Waals surface area contributed by atoms with E-state index in [0.29, 0.717) is 25.0 Å². The van der Waals surface area contributed by atoms with Gasteiger partial charge in [0, 0.05) is 19.2 Å². The minimum absolute atomic E-state index is 0.129. The van der Waals surface area contributed by atoms with E-state index < -0.39 is 5.97 Å². The molecule has 0 atom stereocenters. The normalized spacial score (nSPS) is 10.7. The predicted molar refractivity (Wildman–Crippen MR) is 78.6 cm³/mol. The van der Waals surface area contributed by atoms with Crippen LogP contribution in [0.15, 0.2) is 29.2 Å². The summed E-state index contributed by atoms with van der Waals surface area (Å²) in [5.41, 5.74) is 0.140. The van der Waals surface area contributed by atoms with Crippen molar-refractivity contribution in [1.29, 1.82) is 0 Å². The number of hydrogen-bond acceptors (Lipinski definition) is 4. The number of fused-ring (bicyclic) bond motifs is 1. The summed E-state index contributed by atoms with van der Waals surface area (Å²) in [5, 5.41) is 15.3. The molecule has 0 spiro atoms. The Balaban J connectivity index is 1.78. The maximum absolute atomic E-state index is 12.0. The maximum Gasteiger partial charge on any atom is 0.350 e. The molecule has 1 amide bonds. The second kappa shape index (κ2) is 7.39. The zero-order chi connectivity index (χ0) is 15.9. The van der Waals surface area contributed by atoms with Gasteiger partial charge in [-0.3, -0.25) is 14.0 Å². The van der Waals surface area contributed by atoms with E-state index in [1.54, 1.807) is 24.4 Å². The second-order valence-electron chi connectivity index (χ2n) is 4.92. The summed E-state index contributed by atoms with van der Waals surface area (Å²) >= 11 is 0. The molecule has 8 heteroatoms. The van der Waals surface area contributed by atoms with Gasteiger partial charge in [-0.15, -0.1) is 5.10 Å². The Labute approximate surface area is 126 Å². The van der Waals surface area contributed by atoms with Crippen LogP contribution < -0.4 is 11.0 Å². The molecule has 0 aliphatic heterocycles. The van der Waals surface area contributed by atoms with Gasteiger partial charge in [-0.2, -0.15) is 0 Å². The van der Waals surface area contributed by atoms with E-state index in [1.165, 1.54) is 4.40 Å². The highest BCUT2D eigenvalue weighted by molar-refractivity contribution is 5.75. The molecule has 0 unspecified atom stereocenters. The standard InChI is InChI=1S/C14H18N4O4/c19-12(15-8-4-1-2-7-13(20)21)10-18-14(22)17-9-5-3-6-11(17)16-18/h3,5-6,9H,1-2,4,7-8,10H2,(H,15,19)(H,20,21). The number of nitrogens with zero attached hydrogens (tertiary/aromatic N) is 3. The summed E-state index contributed by atoms with van der Waals surface area (Å²) in [7, 11) is 0. The number of carbonyl (C=O) groups excluding carboxylic acids is 1. The summed E-state index contributed by atoms with van der Waals surface area (Å²) in [6, 6.07) is 5.18. The van der Waals surface area contributed by atoms with Gasteiger partial charge in [0.15, 0.2) is 5.65 Å². The highest BCUT2D eigenvalue weighted by atomic mass is 16.4. The minimum atomic E-state index is -0.810. The minimum Gasteiger partial charge on any atom is -0.481 e. The number of rotatable bonds is 8. The van der Waals surface area contributed by atoms with Crippen LogP contribution >= 0.6 is 0 Å². The second-order valence-corrected chi connectivity index (χ2v) is 4.92. The van der Waals surface area contributed by atoms with E-state index in [9.17, 15) is 14.4 Å². The number of carboxylic acid groups (broad SMARTS) is 1. The van der Waals surface area contributed by atoms with E-state index in [0.717, 1.165) is 11.1 Å². The van der Waals surface area contributed by atoms with E-state index in [2.05, 4.69) is 10.4 Å². The number of carbonyl (C=O) groups is 2. The number of aromatic nitrogens is 3. The molecular formula is C14H18N4O4. The molecule has 0 aliphatic rings.